The highest BCUT2D eigenvalue weighted by Gasteiger charge is 2.14. The molecule has 1 rings (SSSR count). The van der Waals surface area contributed by atoms with Crippen LogP contribution in [0.4, 0.5) is 0 Å². The smallest absolute Gasteiger partial charge is 0.140 e. The summed E-state index contributed by atoms with van der Waals surface area (Å²) in [6, 6.07) is 1.43. The first-order valence-corrected chi connectivity index (χ1v) is 5.07. The molecular weight excluding hydrogens is 244 g/mol. The first-order chi connectivity index (χ1) is 6.43. The molecule has 0 aliphatic rings. The number of benzene rings is 1. The highest BCUT2D eigenvalue weighted by atomic mass is 35.5. The fourth-order valence-corrected chi connectivity index (χ4v) is 1.80. The molecule has 0 atom stereocenters. The molecule has 0 aliphatic heterocycles. The molecule has 2 nitrogen and oxygen atoms in total. The third-order valence-electron chi connectivity index (χ3n) is 1.71. The van der Waals surface area contributed by atoms with Crippen LogP contribution in [0.3, 0.4) is 0 Å². The van der Waals surface area contributed by atoms with E-state index in [1.165, 1.54) is 6.07 Å². The van der Waals surface area contributed by atoms with Gasteiger partial charge in [0.15, 0.2) is 0 Å². The minimum absolute atomic E-state index is 0.00485. The molecule has 1 N–H and O–H groups in total. The predicted molar refractivity (Wildman–Crippen MR) is 60.5 cm³/mol. The molecule has 5 heteroatoms. The number of rotatable bonds is 2. The zero-order chi connectivity index (χ0) is 10.9. The van der Waals surface area contributed by atoms with Crippen LogP contribution in [0.5, 0.6) is 5.75 Å². The second kappa shape index (κ2) is 4.58. The Labute approximate surface area is 98.0 Å². The van der Waals surface area contributed by atoms with E-state index >= 15 is 0 Å². The van der Waals surface area contributed by atoms with Crippen LogP contribution in [0.15, 0.2) is 6.07 Å². The van der Waals surface area contributed by atoms with Gasteiger partial charge in [0.25, 0.3) is 0 Å². The Hall–Kier alpha value is -0.150. The lowest BCUT2D eigenvalue weighted by Gasteiger charge is -2.14. The number of hydrogen-bond donors (Lipinski definition) is 1. The summed E-state index contributed by atoms with van der Waals surface area (Å²) in [7, 11) is 3.73. The molecule has 0 saturated heterocycles. The zero-order valence-electron chi connectivity index (χ0n) is 7.81. The fraction of sp³-hybridized carbons (Fsp3) is 0.333. The van der Waals surface area contributed by atoms with Crippen molar-refractivity contribution < 1.29 is 5.11 Å². The van der Waals surface area contributed by atoms with Crippen molar-refractivity contribution in [3.63, 3.8) is 0 Å². The molecule has 1 aromatic carbocycles. The van der Waals surface area contributed by atoms with Crippen LogP contribution in [-0.4, -0.2) is 24.1 Å². The van der Waals surface area contributed by atoms with E-state index in [1.807, 2.05) is 19.0 Å². The minimum Gasteiger partial charge on any atom is -0.506 e. The predicted octanol–water partition coefficient (Wildman–Crippen LogP) is 3.41. The number of nitrogens with zero attached hydrogens (tertiary/aromatic N) is 1. The summed E-state index contributed by atoms with van der Waals surface area (Å²) in [5.74, 6) is -0.00485. The standard InChI is InChI=1S/C9H10Cl3NO/c1-13(2)4-5-8(12)6(10)3-7(11)9(5)14/h3,14H,4H2,1-2H3. The van der Waals surface area contributed by atoms with Crippen LogP contribution in [0, 0.1) is 0 Å². The molecule has 0 fully saturated rings. The molecule has 0 spiro atoms. The van der Waals surface area contributed by atoms with E-state index in [4.69, 9.17) is 34.8 Å². The normalized spacial score (nSPS) is 11.0. The first-order valence-electron chi connectivity index (χ1n) is 3.93. The SMILES string of the molecule is CN(C)Cc1c(O)c(Cl)cc(Cl)c1Cl. The lowest BCUT2D eigenvalue weighted by Crippen LogP contribution is -2.11. The highest BCUT2D eigenvalue weighted by Crippen LogP contribution is 2.38. The summed E-state index contributed by atoms with van der Waals surface area (Å²) >= 11 is 17.5. The Balaban J connectivity index is 3.25. The molecule has 1 aromatic rings. The van der Waals surface area contributed by atoms with Crippen molar-refractivity contribution in [1.82, 2.24) is 4.90 Å². The van der Waals surface area contributed by atoms with Gasteiger partial charge in [-0.05, 0) is 20.2 Å². The van der Waals surface area contributed by atoms with Crippen molar-refractivity contribution in [2.45, 2.75) is 6.54 Å². The molecule has 0 saturated carbocycles. The van der Waals surface area contributed by atoms with Gasteiger partial charge in [-0.15, -0.1) is 0 Å². The van der Waals surface area contributed by atoms with Gasteiger partial charge in [0.2, 0.25) is 0 Å². The first kappa shape index (κ1) is 11.9. The Morgan fingerprint density at radius 3 is 2.29 bits per heavy atom. The van der Waals surface area contributed by atoms with Crippen LogP contribution >= 0.6 is 34.8 Å². The van der Waals surface area contributed by atoms with Crippen LogP contribution in [0.1, 0.15) is 5.56 Å². The maximum Gasteiger partial charge on any atom is 0.140 e. The van der Waals surface area contributed by atoms with E-state index < -0.39 is 0 Å². The van der Waals surface area contributed by atoms with Gasteiger partial charge in [-0.2, -0.15) is 0 Å². The monoisotopic (exact) mass is 253 g/mol. The molecule has 0 bridgehead atoms. The lowest BCUT2D eigenvalue weighted by molar-refractivity contribution is 0.386. The molecule has 0 aliphatic carbocycles. The summed E-state index contributed by atoms with van der Waals surface area (Å²) in [4.78, 5) is 1.87. The van der Waals surface area contributed by atoms with Crippen LogP contribution in [-0.2, 0) is 6.54 Å². The number of hydrogen-bond acceptors (Lipinski definition) is 2. The third-order valence-corrected chi connectivity index (χ3v) is 2.83. The average Bonchev–Trinajstić information content (AvgIpc) is 2.09. The van der Waals surface area contributed by atoms with Crippen molar-refractivity contribution in [3.05, 3.63) is 26.7 Å². The number of phenolic OH excluding ortho intramolecular Hbond substituents is 1. The van der Waals surface area contributed by atoms with Gasteiger partial charge in [-0.1, -0.05) is 34.8 Å². The molecule has 78 valence electrons. The molecule has 0 amide bonds. The summed E-state index contributed by atoms with van der Waals surface area (Å²) < 4.78 is 0. The van der Waals surface area contributed by atoms with Crippen LogP contribution < -0.4 is 0 Å². The average molecular weight is 255 g/mol. The molecule has 0 unspecified atom stereocenters. The zero-order valence-corrected chi connectivity index (χ0v) is 10.1. The second-order valence-electron chi connectivity index (χ2n) is 3.22. The summed E-state index contributed by atoms with van der Waals surface area (Å²) in [5.41, 5.74) is 0.550. The largest absolute Gasteiger partial charge is 0.506 e. The molecule has 0 aromatic heterocycles. The van der Waals surface area contributed by atoms with Gasteiger partial charge < -0.3 is 10.0 Å². The van der Waals surface area contributed by atoms with E-state index in [1.54, 1.807) is 0 Å². The topological polar surface area (TPSA) is 23.5 Å². The molecule has 0 radical (unpaired) electrons. The van der Waals surface area contributed by atoms with Crippen molar-refractivity contribution in [1.29, 1.82) is 0 Å². The van der Waals surface area contributed by atoms with Crippen molar-refractivity contribution >= 4 is 34.8 Å². The number of phenols is 1. The van der Waals surface area contributed by atoms with E-state index in [9.17, 15) is 5.11 Å². The second-order valence-corrected chi connectivity index (χ2v) is 4.41. The van der Waals surface area contributed by atoms with Crippen molar-refractivity contribution in [2.75, 3.05) is 14.1 Å². The van der Waals surface area contributed by atoms with E-state index in [2.05, 4.69) is 0 Å². The highest BCUT2D eigenvalue weighted by molar-refractivity contribution is 6.44. The third kappa shape index (κ3) is 2.45. The van der Waals surface area contributed by atoms with Crippen LogP contribution in [0.2, 0.25) is 15.1 Å². The van der Waals surface area contributed by atoms with Gasteiger partial charge in [-0.3, -0.25) is 0 Å². The van der Waals surface area contributed by atoms with Crippen molar-refractivity contribution in [3.8, 4) is 5.75 Å². The Kier molecular flexibility index (Phi) is 3.90. The van der Waals surface area contributed by atoms with Gasteiger partial charge in [-0.25, -0.2) is 0 Å². The Morgan fingerprint density at radius 1 is 1.21 bits per heavy atom. The van der Waals surface area contributed by atoms with Gasteiger partial charge >= 0.3 is 0 Å². The van der Waals surface area contributed by atoms with Gasteiger partial charge in [0, 0.05) is 12.1 Å². The van der Waals surface area contributed by atoms with E-state index in [0.29, 0.717) is 22.2 Å². The van der Waals surface area contributed by atoms with E-state index in [-0.39, 0.29) is 10.8 Å². The quantitative estimate of drug-likeness (QED) is 0.818. The van der Waals surface area contributed by atoms with E-state index in [0.717, 1.165) is 0 Å². The van der Waals surface area contributed by atoms with Gasteiger partial charge in [0.05, 0.1) is 15.1 Å². The number of aromatic hydroxyl groups is 1. The van der Waals surface area contributed by atoms with Crippen molar-refractivity contribution in [2.24, 2.45) is 0 Å². The Morgan fingerprint density at radius 2 is 1.79 bits per heavy atom. The number of halogens is 3. The molecule has 14 heavy (non-hydrogen) atoms. The minimum atomic E-state index is -0.00485. The fourth-order valence-electron chi connectivity index (χ4n) is 1.10. The summed E-state index contributed by atoms with van der Waals surface area (Å²) in [5, 5.41) is 10.6. The Bertz CT molecular complexity index is 326. The maximum atomic E-state index is 9.65. The summed E-state index contributed by atoms with van der Waals surface area (Å²) in [6.45, 7) is 0.491. The molecule has 0 heterocycles. The van der Waals surface area contributed by atoms with Crippen LogP contribution in [0.25, 0.3) is 0 Å². The van der Waals surface area contributed by atoms with Gasteiger partial charge in [0.1, 0.15) is 5.75 Å². The summed E-state index contributed by atoms with van der Waals surface area (Å²) in [6.07, 6.45) is 0. The maximum absolute atomic E-state index is 9.65. The molecular formula is C9H10Cl3NO. The lowest BCUT2D eigenvalue weighted by atomic mass is 10.2.